The van der Waals surface area contributed by atoms with Crippen LogP contribution in [0.1, 0.15) is 54.6 Å². The molecule has 8 heteroatoms. The number of carbonyl (C=O) groups is 1. The number of aromatic nitrogens is 3. The predicted molar refractivity (Wildman–Crippen MR) is 127 cm³/mol. The van der Waals surface area contributed by atoms with Gasteiger partial charge in [-0.15, -0.1) is 0 Å². The number of fused-ring (bicyclic) bond motifs is 1. The number of H-pyrrole nitrogens is 1. The Labute approximate surface area is 193 Å². The van der Waals surface area contributed by atoms with E-state index in [1.807, 2.05) is 25.1 Å². The zero-order valence-corrected chi connectivity index (χ0v) is 19.2. The van der Waals surface area contributed by atoms with Crippen molar-refractivity contribution in [3.05, 3.63) is 35.8 Å². The van der Waals surface area contributed by atoms with Crippen LogP contribution in [-0.2, 0) is 0 Å². The molecule has 2 heterocycles. The van der Waals surface area contributed by atoms with E-state index in [-0.39, 0.29) is 18.0 Å². The van der Waals surface area contributed by atoms with Crippen LogP contribution in [0, 0.1) is 12.8 Å². The number of hydrogen-bond donors (Lipinski definition) is 3. The van der Waals surface area contributed by atoms with Gasteiger partial charge in [-0.2, -0.15) is 0 Å². The third-order valence-corrected chi connectivity index (χ3v) is 6.72. The number of rotatable bonds is 7. The summed E-state index contributed by atoms with van der Waals surface area (Å²) in [6, 6.07) is 6.11. The monoisotopic (exact) mass is 449 g/mol. The van der Waals surface area contributed by atoms with E-state index < -0.39 is 0 Å². The lowest BCUT2D eigenvalue weighted by Crippen LogP contribution is -2.40. The maximum atomic E-state index is 13.2. The molecule has 174 valence electrons. The third-order valence-electron chi connectivity index (χ3n) is 6.72. The van der Waals surface area contributed by atoms with Crippen molar-refractivity contribution >= 4 is 16.9 Å². The lowest BCUT2D eigenvalue weighted by molar-refractivity contribution is 0.0927. The largest absolute Gasteiger partial charge is 0.497 e. The maximum Gasteiger partial charge on any atom is 0.255 e. The van der Waals surface area contributed by atoms with Crippen LogP contribution in [0.4, 0.5) is 0 Å². The maximum absolute atomic E-state index is 13.2. The van der Waals surface area contributed by atoms with Gasteiger partial charge in [0.15, 0.2) is 0 Å². The van der Waals surface area contributed by atoms with Gasteiger partial charge in [-0.3, -0.25) is 4.79 Å². The summed E-state index contributed by atoms with van der Waals surface area (Å²) in [5.41, 5.74) is 10.2. The molecule has 0 aliphatic heterocycles. The molecule has 2 saturated carbocycles. The molecule has 33 heavy (non-hydrogen) atoms. The van der Waals surface area contributed by atoms with E-state index in [4.69, 9.17) is 15.2 Å². The first kappa shape index (κ1) is 21.7. The topological polar surface area (TPSA) is 115 Å². The summed E-state index contributed by atoms with van der Waals surface area (Å²) in [5, 5.41) is 3.18. The molecule has 5 rings (SSSR count). The van der Waals surface area contributed by atoms with Crippen LogP contribution in [0.15, 0.2) is 24.5 Å². The molecule has 0 atom stereocenters. The van der Waals surface area contributed by atoms with Gasteiger partial charge in [-0.25, -0.2) is 9.97 Å². The Kier molecular flexibility index (Phi) is 5.93. The number of nitrogens with zero attached hydrogens (tertiary/aromatic N) is 2. The number of hydrogen-bond acceptors (Lipinski definition) is 6. The van der Waals surface area contributed by atoms with Crippen molar-refractivity contribution in [2.24, 2.45) is 11.7 Å². The molecule has 1 amide bonds. The molecule has 2 aromatic heterocycles. The van der Waals surface area contributed by atoms with E-state index in [1.165, 1.54) is 19.2 Å². The summed E-state index contributed by atoms with van der Waals surface area (Å²) >= 11 is 0. The minimum atomic E-state index is -0.111. The standard InChI is InChI=1S/C25H31N5O3/c1-14-21(25(31)30-17-7-5-16(26)6-8-17)23-24(29-14)22(27-13-28-23)19-11-18(32-2)9-10-20(19)33-12-15-3-4-15/h9-11,13,15-17,29H,3-8,12,26H2,1-2H3,(H,30,31). The Morgan fingerprint density at radius 2 is 1.97 bits per heavy atom. The van der Waals surface area contributed by atoms with Gasteiger partial charge in [0.1, 0.15) is 29.0 Å². The van der Waals surface area contributed by atoms with Crippen LogP contribution in [0.3, 0.4) is 0 Å². The number of carbonyl (C=O) groups excluding carboxylic acids is 1. The average molecular weight is 450 g/mol. The van der Waals surface area contributed by atoms with Gasteiger partial charge in [0.05, 0.1) is 24.8 Å². The van der Waals surface area contributed by atoms with Crippen molar-refractivity contribution in [1.82, 2.24) is 20.3 Å². The SMILES string of the molecule is COc1ccc(OCC2CC2)c(-c2ncnc3c(C(=O)NC4CCC(N)CC4)c(C)[nH]c23)c1. The molecule has 2 aliphatic carbocycles. The van der Waals surface area contributed by atoms with Crippen LogP contribution in [0.5, 0.6) is 11.5 Å². The van der Waals surface area contributed by atoms with Crippen molar-refractivity contribution in [3.8, 4) is 22.8 Å². The Morgan fingerprint density at radius 3 is 2.70 bits per heavy atom. The molecule has 3 aromatic rings. The highest BCUT2D eigenvalue weighted by atomic mass is 16.5. The molecule has 4 N–H and O–H groups in total. The normalized spacial score (nSPS) is 20.6. The Morgan fingerprint density at radius 1 is 1.18 bits per heavy atom. The Bertz CT molecular complexity index is 1160. The summed E-state index contributed by atoms with van der Waals surface area (Å²) in [5.74, 6) is 1.98. The van der Waals surface area contributed by atoms with E-state index in [2.05, 4.69) is 20.3 Å². The highest BCUT2D eigenvalue weighted by molar-refractivity contribution is 6.09. The van der Waals surface area contributed by atoms with Gasteiger partial charge >= 0.3 is 0 Å². The number of aryl methyl sites for hydroxylation is 1. The van der Waals surface area contributed by atoms with Crippen LogP contribution in [0.2, 0.25) is 0 Å². The van der Waals surface area contributed by atoms with Gasteiger partial charge in [0, 0.05) is 23.3 Å². The second-order valence-corrected chi connectivity index (χ2v) is 9.27. The first-order chi connectivity index (χ1) is 16.0. The van der Waals surface area contributed by atoms with Crippen LogP contribution in [0.25, 0.3) is 22.3 Å². The van der Waals surface area contributed by atoms with E-state index >= 15 is 0 Å². The summed E-state index contributed by atoms with van der Waals surface area (Å²) in [6.07, 6.45) is 7.60. The number of benzene rings is 1. The van der Waals surface area contributed by atoms with Crippen LogP contribution >= 0.6 is 0 Å². The van der Waals surface area contributed by atoms with Crippen LogP contribution in [-0.4, -0.2) is 46.7 Å². The second-order valence-electron chi connectivity index (χ2n) is 9.27. The molecule has 0 unspecified atom stereocenters. The fraction of sp³-hybridized carbons (Fsp3) is 0.480. The molecule has 0 bridgehead atoms. The molecule has 0 radical (unpaired) electrons. The van der Waals surface area contributed by atoms with Gasteiger partial charge in [-0.05, 0) is 69.6 Å². The van der Waals surface area contributed by atoms with Crippen molar-refractivity contribution in [2.45, 2.75) is 57.5 Å². The van der Waals surface area contributed by atoms with Gasteiger partial charge in [0.2, 0.25) is 0 Å². The minimum absolute atomic E-state index is 0.111. The van der Waals surface area contributed by atoms with Crippen LogP contribution < -0.4 is 20.5 Å². The molecule has 2 aliphatic rings. The van der Waals surface area contributed by atoms with Gasteiger partial charge in [0.25, 0.3) is 5.91 Å². The summed E-state index contributed by atoms with van der Waals surface area (Å²) in [4.78, 5) is 25.6. The number of amides is 1. The van der Waals surface area contributed by atoms with E-state index in [0.29, 0.717) is 35.0 Å². The van der Waals surface area contributed by atoms with Crippen molar-refractivity contribution in [1.29, 1.82) is 0 Å². The van der Waals surface area contributed by atoms with Gasteiger partial charge < -0.3 is 25.5 Å². The predicted octanol–water partition coefficient (Wildman–Crippen LogP) is 3.73. The molecule has 0 saturated heterocycles. The van der Waals surface area contributed by atoms with Gasteiger partial charge in [-0.1, -0.05) is 0 Å². The zero-order chi connectivity index (χ0) is 22.9. The fourth-order valence-corrected chi connectivity index (χ4v) is 4.56. The molecular formula is C25H31N5O3. The summed E-state index contributed by atoms with van der Waals surface area (Å²) < 4.78 is 11.6. The summed E-state index contributed by atoms with van der Waals surface area (Å²) in [6.45, 7) is 2.59. The highest BCUT2D eigenvalue weighted by Crippen LogP contribution is 2.38. The number of nitrogens with one attached hydrogen (secondary N) is 2. The molecule has 8 nitrogen and oxygen atoms in total. The zero-order valence-electron chi connectivity index (χ0n) is 19.2. The summed E-state index contributed by atoms with van der Waals surface area (Å²) in [7, 11) is 1.64. The second kappa shape index (κ2) is 9.02. The first-order valence-corrected chi connectivity index (χ1v) is 11.7. The van der Waals surface area contributed by atoms with Crippen molar-refractivity contribution in [2.75, 3.05) is 13.7 Å². The third kappa shape index (κ3) is 4.53. The molecule has 1 aromatic carbocycles. The van der Waals surface area contributed by atoms with Crippen molar-refractivity contribution < 1.29 is 14.3 Å². The molecular weight excluding hydrogens is 418 g/mol. The lowest BCUT2D eigenvalue weighted by Gasteiger charge is -2.26. The molecule has 0 spiro atoms. The van der Waals surface area contributed by atoms with E-state index in [1.54, 1.807) is 7.11 Å². The quantitative estimate of drug-likeness (QED) is 0.506. The number of aromatic amines is 1. The first-order valence-electron chi connectivity index (χ1n) is 11.7. The smallest absolute Gasteiger partial charge is 0.255 e. The van der Waals surface area contributed by atoms with Crippen molar-refractivity contribution in [3.63, 3.8) is 0 Å². The highest BCUT2D eigenvalue weighted by Gasteiger charge is 2.26. The average Bonchev–Trinajstić information content (AvgIpc) is 3.58. The molecule has 2 fully saturated rings. The van der Waals surface area contributed by atoms with E-state index in [0.717, 1.165) is 48.2 Å². The Balaban J connectivity index is 1.50. The number of methoxy groups -OCH3 is 1. The Hall–Kier alpha value is -3.13. The number of nitrogens with two attached hydrogens (primary N) is 1. The van der Waals surface area contributed by atoms with E-state index in [9.17, 15) is 4.79 Å². The lowest BCUT2D eigenvalue weighted by atomic mass is 9.91. The minimum Gasteiger partial charge on any atom is -0.497 e. The number of ether oxygens (including phenoxy) is 2. The fourth-order valence-electron chi connectivity index (χ4n) is 4.56.